The van der Waals surface area contributed by atoms with Crippen molar-refractivity contribution in [1.82, 2.24) is 14.8 Å². The SMILES string of the molecule is COC(CS(=O)(=O)Nc1cc(C)nn1-c1ccccn1)C1CCCC1. The highest BCUT2D eigenvalue weighted by molar-refractivity contribution is 7.92. The summed E-state index contributed by atoms with van der Waals surface area (Å²) in [5.74, 6) is 1.20. The van der Waals surface area contributed by atoms with Gasteiger partial charge in [0.1, 0.15) is 5.82 Å². The fraction of sp³-hybridized carbons (Fsp3) is 0.529. The number of nitrogens with one attached hydrogen (secondary N) is 1. The summed E-state index contributed by atoms with van der Waals surface area (Å²) in [4.78, 5) is 4.23. The number of anilines is 1. The van der Waals surface area contributed by atoms with Crippen LogP contribution < -0.4 is 4.72 Å². The standard InChI is InChI=1S/C17H24N4O3S/c1-13-11-17(21(19-13)16-9-5-6-10-18-16)20-25(22,23)12-15(24-2)14-7-3-4-8-14/h5-6,9-11,14-15,20H,3-4,7-8,12H2,1-2H3. The zero-order valence-corrected chi connectivity index (χ0v) is 15.4. The van der Waals surface area contributed by atoms with Gasteiger partial charge in [-0.05, 0) is 37.8 Å². The molecule has 0 saturated heterocycles. The second-order valence-corrected chi connectivity index (χ2v) is 8.24. The van der Waals surface area contributed by atoms with Gasteiger partial charge < -0.3 is 4.74 Å². The molecule has 3 rings (SSSR count). The molecule has 2 aromatic rings. The molecule has 136 valence electrons. The van der Waals surface area contributed by atoms with E-state index in [4.69, 9.17) is 4.74 Å². The highest BCUT2D eigenvalue weighted by Crippen LogP contribution is 2.30. The first-order chi connectivity index (χ1) is 12.0. The van der Waals surface area contributed by atoms with Crippen LogP contribution >= 0.6 is 0 Å². The van der Waals surface area contributed by atoms with Gasteiger partial charge in [0.25, 0.3) is 0 Å². The molecule has 1 N–H and O–H groups in total. The number of hydrogen-bond acceptors (Lipinski definition) is 5. The van der Waals surface area contributed by atoms with Crippen LogP contribution in [0.2, 0.25) is 0 Å². The molecule has 0 radical (unpaired) electrons. The average molecular weight is 364 g/mol. The van der Waals surface area contributed by atoms with Crippen molar-refractivity contribution >= 4 is 15.8 Å². The van der Waals surface area contributed by atoms with E-state index in [-0.39, 0.29) is 11.9 Å². The van der Waals surface area contributed by atoms with Gasteiger partial charge >= 0.3 is 0 Å². The van der Waals surface area contributed by atoms with Gasteiger partial charge in [-0.1, -0.05) is 18.9 Å². The van der Waals surface area contributed by atoms with Gasteiger partial charge in [-0.25, -0.2) is 13.4 Å². The Morgan fingerprint density at radius 2 is 2.12 bits per heavy atom. The highest BCUT2D eigenvalue weighted by atomic mass is 32.2. The maximum absolute atomic E-state index is 12.7. The molecule has 0 spiro atoms. The number of rotatable bonds is 7. The molecule has 7 nitrogen and oxygen atoms in total. The number of sulfonamides is 1. The molecule has 0 bridgehead atoms. The van der Waals surface area contributed by atoms with E-state index < -0.39 is 10.0 Å². The highest BCUT2D eigenvalue weighted by Gasteiger charge is 2.30. The molecule has 0 aliphatic heterocycles. The van der Waals surface area contributed by atoms with Crippen molar-refractivity contribution < 1.29 is 13.2 Å². The minimum atomic E-state index is -3.56. The van der Waals surface area contributed by atoms with Crippen molar-refractivity contribution in [3.8, 4) is 5.82 Å². The molecule has 1 saturated carbocycles. The minimum absolute atomic E-state index is 0.0549. The van der Waals surface area contributed by atoms with Crippen LogP contribution in [-0.4, -0.2) is 42.1 Å². The Morgan fingerprint density at radius 3 is 2.76 bits per heavy atom. The number of pyridine rings is 1. The van der Waals surface area contributed by atoms with Crippen molar-refractivity contribution in [2.24, 2.45) is 5.92 Å². The van der Waals surface area contributed by atoms with E-state index in [9.17, 15) is 8.42 Å². The van der Waals surface area contributed by atoms with Crippen LogP contribution in [0.1, 0.15) is 31.4 Å². The number of aryl methyl sites for hydroxylation is 1. The topological polar surface area (TPSA) is 86.1 Å². The maximum atomic E-state index is 12.7. The van der Waals surface area contributed by atoms with Crippen molar-refractivity contribution in [3.63, 3.8) is 0 Å². The molecule has 0 aromatic carbocycles. The van der Waals surface area contributed by atoms with E-state index in [1.807, 2.05) is 13.0 Å². The zero-order chi connectivity index (χ0) is 17.9. The Kier molecular flexibility index (Phi) is 5.39. The molecular formula is C17H24N4O3S. The van der Waals surface area contributed by atoms with Crippen LogP contribution in [0, 0.1) is 12.8 Å². The smallest absolute Gasteiger partial charge is 0.236 e. The molecule has 1 atom stereocenters. The lowest BCUT2D eigenvalue weighted by molar-refractivity contribution is 0.0718. The summed E-state index contributed by atoms with van der Waals surface area (Å²) in [5, 5.41) is 4.34. The van der Waals surface area contributed by atoms with Crippen molar-refractivity contribution in [2.45, 2.75) is 38.7 Å². The van der Waals surface area contributed by atoms with Gasteiger partial charge in [-0.3, -0.25) is 4.72 Å². The predicted molar refractivity (Wildman–Crippen MR) is 96.3 cm³/mol. The Labute approximate surface area is 148 Å². The molecule has 1 fully saturated rings. The second kappa shape index (κ2) is 7.53. The lowest BCUT2D eigenvalue weighted by Gasteiger charge is -2.22. The summed E-state index contributed by atoms with van der Waals surface area (Å²) in [5.41, 5.74) is 0.711. The van der Waals surface area contributed by atoms with Gasteiger partial charge in [0.05, 0.1) is 17.6 Å². The number of ether oxygens (including phenoxy) is 1. The third-order valence-electron chi connectivity index (χ3n) is 4.57. The molecule has 2 heterocycles. The lowest BCUT2D eigenvalue weighted by Crippen LogP contribution is -2.33. The summed E-state index contributed by atoms with van der Waals surface area (Å²) in [6.07, 6.45) is 5.70. The van der Waals surface area contributed by atoms with E-state index in [2.05, 4.69) is 14.8 Å². The van der Waals surface area contributed by atoms with Crippen LogP contribution in [0.5, 0.6) is 0 Å². The average Bonchev–Trinajstić information content (AvgIpc) is 3.23. The minimum Gasteiger partial charge on any atom is -0.380 e. The molecule has 2 aromatic heterocycles. The van der Waals surface area contributed by atoms with Crippen LogP contribution in [0.4, 0.5) is 5.82 Å². The van der Waals surface area contributed by atoms with Gasteiger partial charge in [-0.15, -0.1) is 0 Å². The Hall–Kier alpha value is -1.93. The zero-order valence-electron chi connectivity index (χ0n) is 14.6. The monoisotopic (exact) mass is 364 g/mol. The van der Waals surface area contributed by atoms with E-state index in [1.54, 1.807) is 31.5 Å². The largest absolute Gasteiger partial charge is 0.380 e. The molecule has 1 aliphatic carbocycles. The van der Waals surface area contributed by atoms with E-state index in [0.29, 0.717) is 23.2 Å². The molecular weight excluding hydrogens is 340 g/mol. The van der Waals surface area contributed by atoms with Gasteiger partial charge in [-0.2, -0.15) is 9.78 Å². The summed E-state index contributed by atoms with van der Waals surface area (Å²) < 4.78 is 35.0. The molecule has 1 unspecified atom stereocenters. The van der Waals surface area contributed by atoms with Crippen molar-refractivity contribution in [2.75, 3.05) is 17.6 Å². The van der Waals surface area contributed by atoms with E-state index in [1.165, 1.54) is 4.68 Å². The maximum Gasteiger partial charge on any atom is 0.236 e. The number of methoxy groups -OCH3 is 1. The number of hydrogen-bond donors (Lipinski definition) is 1. The van der Waals surface area contributed by atoms with E-state index in [0.717, 1.165) is 25.7 Å². The molecule has 1 aliphatic rings. The fourth-order valence-corrected chi connectivity index (χ4v) is 4.76. The first kappa shape index (κ1) is 17.9. The van der Waals surface area contributed by atoms with Crippen LogP contribution in [-0.2, 0) is 14.8 Å². The first-order valence-corrected chi connectivity index (χ1v) is 10.1. The summed E-state index contributed by atoms with van der Waals surface area (Å²) in [6.45, 7) is 1.81. The number of nitrogens with zero attached hydrogens (tertiary/aromatic N) is 3. The fourth-order valence-electron chi connectivity index (χ4n) is 3.37. The molecule has 8 heteroatoms. The molecule has 0 amide bonds. The Bertz CT molecular complexity index is 799. The lowest BCUT2D eigenvalue weighted by atomic mass is 10.0. The summed E-state index contributed by atoms with van der Waals surface area (Å²) in [7, 11) is -1.98. The van der Waals surface area contributed by atoms with Gasteiger partial charge in [0.2, 0.25) is 10.0 Å². The van der Waals surface area contributed by atoms with Gasteiger partial charge in [0.15, 0.2) is 5.82 Å². The van der Waals surface area contributed by atoms with Crippen LogP contribution in [0.3, 0.4) is 0 Å². The van der Waals surface area contributed by atoms with Crippen LogP contribution in [0.25, 0.3) is 5.82 Å². The van der Waals surface area contributed by atoms with Gasteiger partial charge in [0, 0.05) is 19.4 Å². The first-order valence-electron chi connectivity index (χ1n) is 8.50. The normalized spacial score (nSPS) is 16.9. The Balaban J connectivity index is 1.79. The summed E-state index contributed by atoms with van der Waals surface area (Å²) >= 11 is 0. The summed E-state index contributed by atoms with van der Waals surface area (Å²) in [6, 6.07) is 7.11. The third-order valence-corrected chi connectivity index (χ3v) is 5.86. The Morgan fingerprint density at radius 1 is 1.36 bits per heavy atom. The number of aromatic nitrogens is 3. The predicted octanol–water partition coefficient (Wildman–Crippen LogP) is 2.52. The third kappa shape index (κ3) is 4.38. The second-order valence-electron chi connectivity index (χ2n) is 6.47. The van der Waals surface area contributed by atoms with E-state index >= 15 is 0 Å². The van der Waals surface area contributed by atoms with Crippen LogP contribution in [0.15, 0.2) is 30.5 Å². The quantitative estimate of drug-likeness (QED) is 0.816. The molecule has 25 heavy (non-hydrogen) atoms. The van der Waals surface area contributed by atoms with Crippen molar-refractivity contribution in [3.05, 3.63) is 36.2 Å². The van der Waals surface area contributed by atoms with Crippen molar-refractivity contribution in [1.29, 1.82) is 0 Å².